The lowest BCUT2D eigenvalue weighted by Gasteiger charge is -2.38. The highest BCUT2D eigenvalue weighted by Gasteiger charge is 2.42. The summed E-state index contributed by atoms with van der Waals surface area (Å²) in [4.78, 5) is 18.3. The van der Waals surface area contributed by atoms with Gasteiger partial charge < -0.3 is 10.1 Å². The van der Waals surface area contributed by atoms with Crippen molar-refractivity contribution in [1.29, 1.82) is 0 Å². The van der Waals surface area contributed by atoms with Crippen molar-refractivity contribution < 1.29 is 9.53 Å². The number of anilines is 1. The van der Waals surface area contributed by atoms with E-state index in [4.69, 9.17) is 26.4 Å². The summed E-state index contributed by atoms with van der Waals surface area (Å²) in [6.07, 6.45) is 1.25. The first-order valence-corrected chi connectivity index (χ1v) is 12.8. The van der Waals surface area contributed by atoms with Gasteiger partial charge in [0.15, 0.2) is 11.6 Å². The van der Waals surface area contributed by atoms with Crippen LogP contribution >= 0.6 is 11.6 Å². The van der Waals surface area contributed by atoms with E-state index in [9.17, 15) is 4.79 Å². The highest BCUT2D eigenvalue weighted by atomic mass is 35.5. The molecule has 0 saturated carbocycles. The smallest absolute Gasteiger partial charge is 0.226 e. The Hall–Kier alpha value is -3.90. The lowest BCUT2D eigenvalue weighted by atomic mass is 9.73. The van der Waals surface area contributed by atoms with Gasteiger partial charge in [-0.25, -0.2) is 4.68 Å². The van der Waals surface area contributed by atoms with Crippen molar-refractivity contribution in [3.05, 3.63) is 106 Å². The number of hydrogen-bond acceptors (Lipinski definition) is 5. The summed E-state index contributed by atoms with van der Waals surface area (Å²) in [5.74, 6) is 2.03. The molecule has 0 radical (unpaired) electrons. The van der Waals surface area contributed by atoms with Gasteiger partial charge in [-0.3, -0.25) is 4.79 Å². The molecule has 2 heterocycles. The number of allylic oxidation sites excluding steroid dienone is 2. The van der Waals surface area contributed by atoms with Gasteiger partial charge in [-0.1, -0.05) is 80.0 Å². The molecule has 1 unspecified atom stereocenters. The molecule has 1 aromatic heterocycles. The third-order valence-electron chi connectivity index (χ3n) is 6.89. The summed E-state index contributed by atoms with van der Waals surface area (Å²) in [5.41, 5.74) is 4.35. The van der Waals surface area contributed by atoms with Crippen molar-refractivity contribution >= 4 is 23.3 Å². The molecule has 3 aromatic carbocycles. The van der Waals surface area contributed by atoms with Crippen molar-refractivity contribution in [2.45, 2.75) is 39.3 Å². The van der Waals surface area contributed by atoms with Crippen LogP contribution in [0.1, 0.15) is 43.9 Å². The van der Waals surface area contributed by atoms with Crippen LogP contribution in [0.15, 0.2) is 90.1 Å². The molecule has 1 atom stereocenters. The van der Waals surface area contributed by atoms with E-state index < -0.39 is 0 Å². The predicted octanol–water partition coefficient (Wildman–Crippen LogP) is 6.84. The van der Waals surface area contributed by atoms with Crippen LogP contribution in [0.25, 0.3) is 11.4 Å². The molecule has 4 aromatic rings. The van der Waals surface area contributed by atoms with Crippen LogP contribution in [0.4, 0.5) is 5.95 Å². The predicted molar refractivity (Wildman–Crippen MR) is 144 cm³/mol. The number of rotatable bonds is 5. The van der Waals surface area contributed by atoms with Gasteiger partial charge in [0, 0.05) is 23.3 Å². The fraction of sp³-hybridized carbons (Fsp3) is 0.233. The van der Waals surface area contributed by atoms with Crippen molar-refractivity contribution in [2.75, 3.05) is 5.32 Å². The minimum atomic E-state index is -0.387. The molecular formula is C30H27ClN4O2. The molecule has 1 aliphatic heterocycles. The van der Waals surface area contributed by atoms with Gasteiger partial charge in [-0.2, -0.15) is 4.98 Å². The Morgan fingerprint density at radius 3 is 2.49 bits per heavy atom. The standard InChI is InChI=1S/C30H27ClN4O2/c1-30(2)16-24-26(25(36)17-30)27(20-12-14-21(15-13-20)37-18-19-8-4-3-5-9-19)35-29(32-24)33-28(34-35)22-10-6-7-11-23(22)31/h3-15,27H,16-18H2,1-2H3,(H,32,33,34). The highest BCUT2D eigenvalue weighted by molar-refractivity contribution is 6.33. The van der Waals surface area contributed by atoms with Crippen LogP contribution in [-0.2, 0) is 11.4 Å². The molecule has 2 aliphatic rings. The zero-order valence-corrected chi connectivity index (χ0v) is 21.5. The molecular weight excluding hydrogens is 484 g/mol. The van der Waals surface area contributed by atoms with Crippen LogP contribution in [0.2, 0.25) is 5.02 Å². The summed E-state index contributed by atoms with van der Waals surface area (Å²) in [7, 11) is 0. The number of carbonyl (C=O) groups is 1. The fourth-order valence-corrected chi connectivity index (χ4v) is 5.38. The molecule has 0 bridgehead atoms. The molecule has 0 spiro atoms. The van der Waals surface area contributed by atoms with E-state index in [0.29, 0.717) is 29.8 Å². The summed E-state index contributed by atoms with van der Waals surface area (Å²) < 4.78 is 7.81. The lowest BCUT2D eigenvalue weighted by Crippen LogP contribution is -2.36. The molecule has 0 amide bonds. The van der Waals surface area contributed by atoms with Gasteiger partial charge in [-0.15, -0.1) is 5.10 Å². The Balaban J connectivity index is 1.38. The molecule has 0 fully saturated rings. The van der Waals surface area contributed by atoms with E-state index in [0.717, 1.165) is 40.1 Å². The Morgan fingerprint density at radius 2 is 1.73 bits per heavy atom. The van der Waals surface area contributed by atoms with Crippen LogP contribution in [0, 0.1) is 5.41 Å². The third kappa shape index (κ3) is 4.53. The molecule has 186 valence electrons. The highest BCUT2D eigenvalue weighted by Crippen LogP contribution is 2.46. The van der Waals surface area contributed by atoms with E-state index in [1.165, 1.54) is 0 Å². The lowest BCUT2D eigenvalue weighted by molar-refractivity contribution is -0.118. The van der Waals surface area contributed by atoms with E-state index in [2.05, 4.69) is 19.2 Å². The maximum atomic E-state index is 13.5. The number of ketones is 1. The van der Waals surface area contributed by atoms with Gasteiger partial charge in [0.25, 0.3) is 0 Å². The number of hydrogen-bond donors (Lipinski definition) is 1. The normalized spacial score (nSPS) is 18.1. The SMILES string of the molecule is CC1(C)CC(=O)C2=C(C1)Nc1nc(-c3ccccc3Cl)nn1C2c1ccc(OCc2ccccc2)cc1. The van der Waals surface area contributed by atoms with Gasteiger partial charge in [-0.05, 0) is 47.2 Å². The number of Topliss-reactive ketones (excluding diaryl/α,β-unsaturated/α-hetero) is 1. The minimum absolute atomic E-state index is 0.129. The molecule has 1 aliphatic carbocycles. The second-order valence-electron chi connectivity index (χ2n) is 10.4. The topological polar surface area (TPSA) is 69.0 Å². The van der Waals surface area contributed by atoms with Crippen LogP contribution in [0.5, 0.6) is 5.75 Å². The number of fused-ring (bicyclic) bond motifs is 1. The largest absolute Gasteiger partial charge is 0.489 e. The zero-order chi connectivity index (χ0) is 25.6. The minimum Gasteiger partial charge on any atom is -0.489 e. The molecule has 6 rings (SSSR count). The summed E-state index contributed by atoms with van der Waals surface area (Å²) >= 11 is 6.46. The van der Waals surface area contributed by atoms with E-state index in [-0.39, 0.29) is 17.2 Å². The van der Waals surface area contributed by atoms with E-state index in [1.807, 2.05) is 83.5 Å². The number of carbonyl (C=O) groups excluding carboxylic acids is 1. The Morgan fingerprint density at radius 1 is 1.00 bits per heavy atom. The van der Waals surface area contributed by atoms with Crippen LogP contribution in [-0.4, -0.2) is 20.5 Å². The quantitative estimate of drug-likeness (QED) is 0.318. The first-order chi connectivity index (χ1) is 17.9. The maximum Gasteiger partial charge on any atom is 0.226 e. The maximum absolute atomic E-state index is 13.5. The first kappa shape index (κ1) is 23.5. The summed E-state index contributed by atoms with van der Waals surface area (Å²) in [6, 6.07) is 25.1. The number of halogens is 1. The van der Waals surface area contributed by atoms with Crippen molar-refractivity contribution in [2.24, 2.45) is 5.41 Å². The number of nitrogens with one attached hydrogen (secondary N) is 1. The van der Waals surface area contributed by atoms with Crippen LogP contribution < -0.4 is 10.1 Å². The third-order valence-corrected chi connectivity index (χ3v) is 7.22. The van der Waals surface area contributed by atoms with E-state index >= 15 is 0 Å². The number of benzene rings is 3. The average molecular weight is 511 g/mol. The fourth-order valence-electron chi connectivity index (χ4n) is 5.16. The molecule has 37 heavy (non-hydrogen) atoms. The number of nitrogens with zero attached hydrogens (tertiary/aromatic N) is 3. The molecule has 6 nitrogen and oxygen atoms in total. The average Bonchev–Trinajstić information content (AvgIpc) is 3.30. The Bertz CT molecular complexity index is 1510. The monoisotopic (exact) mass is 510 g/mol. The van der Waals surface area contributed by atoms with Crippen molar-refractivity contribution in [3.63, 3.8) is 0 Å². The summed E-state index contributed by atoms with van der Waals surface area (Å²) in [5, 5.41) is 8.85. The molecule has 0 saturated heterocycles. The van der Waals surface area contributed by atoms with Crippen molar-refractivity contribution in [3.8, 4) is 17.1 Å². The van der Waals surface area contributed by atoms with Crippen LogP contribution in [0.3, 0.4) is 0 Å². The molecule has 7 heteroatoms. The Kier molecular flexibility index (Phi) is 5.84. The van der Waals surface area contributed by atoms with Gasteiger partial charge in [0.05, 0.1) is 5.02 Å². The Labute approximate surface area is 221 Å². The number of ether oxygens (including phenoxy) is 1. The first-order valence-electron chi connectivity index (χ1n) is 12.4. The number of aromatic nitrogens is 3. The van der Waals surface area contributed by atoms with Gasteiger partial charge in [0.2, 0.25) is 5.95 Å². The van der Waals surface area contributed by atoms with E-state index in [1.54, 1.807) is 0 Å². The second kappa shape index (κ2) is 9.20. The second-order valence-corrected chi connectivity index (χ2v) is 10.8. The van der Waals surface area contributed by atoms with Gasteiger partial charge >= 0.3 is 0 Å². The zero-order valence-electron chi connectivity index (χ0n) is 20.7. The molecule has 1 N–H and O–H groups in total. The van der Waals surface area contributed by atoms with Crippen molar-refractivity contribution in [1.82, 2.24) is 14.8 Å². The summed E-state index contributed by atoms with van der Waals surface area (Å²) in [6.45, 7) is 4.74. The van der Waals surface area contributed by atoms with Gasteiger partial charge in [0.1, 0.15) is 18.4 Å².